The van der Waals surface area contributed by atoms with Gasteiger partial charge in [0.1, 0.15) is 11.3 Å². The minimum atomic E-state index is -2.94. The van der Waals surface area contributed by atoms with Gasteiger partial charge in [0.25, 0.3) is 12.0 Å². The Morgan fingerprint density at radius 2 is 2.14 bits per heavy atom. The Morgan fingerprint density at radius 3 is 2.57 bits per heavy atom. The molecule has 1 heterocycles. The van der Waals surface area contributed by atoms with E-state index in [0.717, 1.165) is 0 Å². The van der Waals surface area contributed by atoms with Crippen LogP contribution in [-0.2, 0) is 0 Å². The van der Waals surface area contributed by atoms with Crippen molar-refractivity contribution < 1.29 is 18.7 Å². The molecule has 0 amide bonds. The number of aromatic carboxylic acids is 1. The predicted molar refractivity (Wildman–Crippen MR) is 43.4 cm³/mol. The molecule has 0 unspecified atom stereocenters. The normalized spacial score (nSPS) is 10.5. The summed E-state index contributed by atoms with van der Waals surface area (Å²) in [4.78, 5) is 23.0. The maximum absolute atomic E-state index is 12.1. The molecule has 4 N–H and O–H groups in total. The van der Waals surface area contributed by atoms with E-state index < -0.39 is 34.9 Å². The van der Waals surface area contributed by atoms with Crippen LogP contribution in [0.1, 0.15) is 22.5 Å². The van der Waals surface area contributed by atoms with Crippen LogP contribution in [0.3, 0.4) is 0 Å². The molecule has 0 aliphatic rings. The fourth-order valence-electron chi connectivity index (χ4n) is 0.900. The maximum Gasteiger partial charge on any atom is 0.341 e. The molecule has 0 aliphatic heterocycles. The lowest BCUT2D eigenvalue weighted by Crippen LogP contribution is -2.20. The maximum atomic E-state index is 12.1. The third-order valence-corrected chi connectivity index (χ3v) is 1.55. The van der Waals surface area contributed by atoms with Gasteiger partial charge in [0.2, 0.25) is 0 Å². The van der Waals surface area contributed by atoms with Crippen molar-refractivity contribution in [3.05, 3.63) is 27.7 Å². The van der Waals surface area contributed by atoms with E-state index in [2.05, 4.69) is 0 Å². The Labute approximate surface area is 76.2 Å². The van der Waals surface area contributed by atoms with Crippen LogP contribution in [-0.4, -0.2) is 16.1 Å². The number of H-pyrrole nitrogens is 1. The molecule has 0 radical (unpaired) electrons. The number of nitrogen functional groups attached to an aromatic ring is 1. The molecule has 14 heavy (non-hydrogen) atoms. The molecule has 76 valence electrons. The SMILES string of the molecule is Nc1cc(C(=O)O)c(=O)[nH]c1C(F)F. The average molecular weight is 204 g/mol. The lowest BCUT2D eigenvalue weighted by Gasteiger charge is -2.04. The Kier molecular flexibility index (Phi) is 2.50. The second kappa shape index (κ2) is 3.44. The summed E-state index contributed by atoms with van der Waals surface area (Å²) in [5.74, 6) is -1.52. The molecule has 0 aromatic carbocycles. The summed E-state index contributed by atoms with van der Waals surface area (Å²) in [6.45, 7) is 0. The molecule has 0 saturated carbocycles. The number of pyridine rings is 1. The molecule has 1 aromatic rings. The summed E-state index contributed by atoms with van der Waals surface area (Å²) in [6, 6.07) is 0.711. The van der Waals surface area contributed by atoms with Gasteiger partial charge in [-0.25, -0.2) is 13.6 Å². The van der Waals surface area contributed by atoms with Gasteiger partial charge in [-0.05, 0) is 6.07 Å². The molecule has 5 nitrogen and oxygen atoms in total. The monoisotopic (exact) mass is 204 g/mol. The Morgan fingerprint density at radius 1 is 1.57 bits per heavy atom. The molecule has 0 spiro atoms. The van der Waals surface area contributed by atoms with Crippen LogP contribution in [0.4, 0.5) is 14.5 Å². The van der Waals surface area contributed by atoms with Crippen molar-refractivity contribution in [2.75, 3.05) is 5.73 Å². The third-order valence-electron chi connectivity index (χ3n) is 1.55. The summed E-state index contributed by atoms with van der Waals surface area (Å²) >= 11 is 0. The Balaban J connectivity index is 3.39. The molecule has 1 aromatic heterocycles. The van der Waals surface area contributed by atoms with Crippen LogP contribution in [0.15, 0.2) is 10.9 Å². The minimum Gasteiger partial charge on any atom is -0.477 e. The van der Waals surface area contributed by atoms with Gasteiger partial charge in [-0.1, -0.05) is 0 Å². The number of halogens is 2. The number of alkyl halides is 2. The van der Waals surface area contributed by atoms with E-state index in [1.54, 1.807) is 4.98 Å². The van der Waals surface area contributed by atoms with E-state index in [1.807, 2.05) is 0 Å². The molecular formula is C7H6F2N2O3. The summed E-state index contributed by atoms with van der Waals surface area (Å²) in [5.41, 5.74) is 2.15. The van der Waals surface area contributed by atoms with Gasteiger partial charge in [-0.3, -0.25) is 4.79 Å². The van der Waals surface area contributed by atoms with Crippen LogP contribution >= 0.6 is 0 Å². The van der Waals surface area contributed by atoms with Crippen molar-refractivity contribution in [2.24, 2.45) is 0 Å². The fourth-order valence-corrected chi connectivity index (χ4v) is 0.900. The molecule has 0 aliphatic carbocycles. The minimum absolute atomic E-state index is 0.447. The van der Waals surface area contributed by atoms with Crippen molar-refractivity contribution in [1.29, 1.82) is 0 Å². The van der Waals surface area contributed by atoms with E-state index in [9.17, 15) is 18.4 Å². The number of carboxylic acid groups (broad SMARTS) is 1. The van der Waals surface area contributed by atoms with Crippen molar-refractivity contribution >= 4 is 11.7 Å². The zero-order valence-corrected chi connectivity index (χ0v) is 6.75. The van der Waals surface area contributed by atoms with Crippen LogP contribution in [0.2, 0.25) is 0 Å². The van der Waals surface area contributed by atoms with Crippen LogP contribution in [0.25, 0.3) is 0 Å². The number of rotatable bonds is 2. The van der Waals surface area contributed by atoms with E-state index in [1.165, 1.54) is 0 Å². The molecule has 0 fully saturated rings. The first kappa shape index (κ1) is 10.2. The van der Waals surface area contributed by atoms with Gasteiger partial charge >= 0.3 is 5.97 Å². The highest BCUT2D eigenvalue weighted by atomic mass is 19.3. The van der Waals surface area contributed by atoms with Gasteiger partial charge in [0, 0.05) is 0 Å². The number of aromatic nitrogens is 1. The first-order valence-corrected chi connectivity index (χ1v) is 3.47. The molecular weight excluding hydrogens is 198 g/mol. The van der Waals surface area contributed by atoms with E-state index in [0.29, 0.717) is 6.07 Å². The third kappa shape index (κ3) is 1.70. The quantitative estimate of drug-likeness (QED) is 0.656. The van der Waals surface area contributed by atoms with Gasteiger partial charge in [-0.2, -0.15) is 0 Å². The van der Waals surface area contributed by atoms with Gasteiger partial charge in [0.15, 0.2) is 0 Å². The molecule has 0 atom stereocenters. The van der Waals surface area contributed by atoms with Gasteiger partial charge < -0.3 is 15.8 Å². The highest BCUT2D eigenvalue weighted by Gasteiger charge is 2.17. The van der Waals surface area contributed by atoms with Crippen LogP contribution in [0, 0.1) is 0 Å². The highest BCUT2D eigenvalue weighted by Crippen LogP contribution is 2.21. The summed E-state index contributed by atoms with van der Waals surface area (Å²) in [6.07, 6.45) is -2.94. The number of hydrogen-bond acceptors (Lipinski definition) is 3. The zero-order chi connectivity index (χ0) is 10.9. The molecule has 0 saturated heterocycles. The Bertz CT molecular complexity index is 427. The van der Waals surface area contributed by atoms with Crippen LogP contribution in [0.5, 0.6) is 0 Å². The van der Waals surface area contributed by atoms with Gasteiger partial charge in [0.05, 0.1) is 5.69 Å². The number of nitrogens with one attached hydrogen (secondary N) is 1. The van der Waals surface area contributed by atoms with Crippen molar-refractivity contribution in [3.63, 3.8) is 0 Å². The first-order valence-electron chi connectivity index (χ1n) is 3.47. The number of nitrogens with two attached hydrogens (primary N) is 1. The summed E-state index contributed by atoms with van der Waals surface area (Å²) < 4.78 is 24.3. The summed E-state index contributed by atoms with van der Waals surface area (Å²) in [5, 5.41) is 8.46. The van der Waals surface area contributed by atoms with E-state index in [-0.39, 0.29) is 0 Å². The van der Waals surface area contributed by atoms with Crippen molar-refractivity contribution in [3.8, 4) is 0 Å². The number of carbonyl (C=O) groups is 1. The standard InChI is InChI=1S/C7H6F2N2O3/c8-5(9)4-3(10)1-2(7(13)14)6(12)11-4/h1,5H,10H2,(H,11,12)(H,13,14). The lowest BCUT2D eigenvalue weighted by molar-refractivity contribution is 0.0694. The second-order valence-corrected chi connectivity index (χ2v) is 2.49. The predicted octanol–water partition coefficient (Wildman–Crippen LogP) is 0.593. The van der Waals surface area contributed by atoms with E-state index in [4.69, 9.17) is 10.8 Å². The number of anilines is 1. The zero-order valence-electron chi connectivity index (χ0n) is 6.75. The average Bonchev–Trinajstić information content (AvgIpc) is 2.07. The number of carboxylic acids is 1. The second-order valence-electron chi connectivity index (χ2n) is 2.49. The topological polar surface area (TPSA) is 96.2 Å². The fraction of sp³-hybridized carbons (Fsp3) is 0.143. The number of aromatic amines is 1. The van der Waals surface area contributed by atoms with E-state index >= 15 is 0 Å². The first-order chi connectivity index (χ1) is 6.43. The summed E-state index contributed by atoms with van der Waals surface area (Å²) in [7, 11) is 0. The molecule has 7 heteroatoms. The largest absolute Gasteiger partial charge is 0.477 e. The Hall–Kier alpha value is -1.92. The smallest absolute Gasteiger partial charge is 0.341 e. The number of hydrogen-bond donors (Lipinski definition) is 3. The van der Waals surface area contributed by atoms with Crippen molar-refractivity contribution in [2.45, 2.75) is 6.43 Å². The van der Waals surface area contributed by atoms with Gasteiger partial charge in [-0.15, -0.1) is 0 Å². The van der Waals surface area contributed by atoms with Crippen molar-refractivity contribution in [1.82, 2.24) is 4.98 Å². The van der Waals surface area contributed by atoms with Crippen LogP contribution < -0.4 is 11.3 Å². The molecule has 1 rings (SSSR count). The lowest BCUT2D eigenvalue weighted by atomic mass is 10.2. The highest BCUT2D eigenvalue weighted by molar-refractivity contribution is 5.88. The molecule has 0 bridgehead atoms.